The molecule has 0 spiro atoms. The maximum Gasteiger partial charge on any atom is 0.0701 e. The molecule has 4 heteroatoms. The highest BCUT2D eigenvalue weighted by Gasteiger charge is 2.09. The van der Waals surface area contributed by atoms with Crippen LogP contribution in [0, 0.1) is 5.92 Å². The quantitative estimate of drug-likeness (QED) is 0.758. The first-order valence-corrected chi connectivity index (χ1v) is 7.69. The predicted octanol–water partition coefficient (Wildman–Crippen LogP) is 3.53. The van der Waals surface area contributed by atoms with Crippen molar-refractivity contribution in [2.45, 2.75) is 20.4 Å². The van der Waals surface area contributed by atoms with E-state index in [-0.39, 0.29) is 0 Å². The van der Waals surface area contributed by atoms with Crippen molar-refractivity contribution in [2.75, 3.05) is 33.7 Å². The molecule has 1 aromatic heterocycles. The summed E-state index contributed by atoms with van der Waals surface area (Å²) in [6.07, 6.45) is 0. The fraction of sp³-hybridized carbons (Fsp3) is 0.692. The van der Waals surface area contributed by atoms with Gasteiger partial charge in [-0.1, -0.05) is 13.8 Å². The molecule has 0 saturated carbocycles. The Kier molecular flexibility index (Phi) is 6.70. The third-order valence-electron chi connectivity index (χ3n) is 2.50. The molecule has 98 valence electrons. The third kappa shape index (κ3) is 6.55. The summed E-state index contributed by atoms with van der Waals surface area (Å²) in [5.74, 6) is 0.723. The van der Waals surface area contributed by atoms with Gasteiger partial charge in [-0.2, -0.15) is 0 Å². The van der Waals surface area contributed by atoms with E-state index in [1.54, 1.807) is 0 Å². The van der Waals surface area contributed by atoms with Gasteiger partial charge in [0.05, 0.1) is 3.79 Å². The minimum Gasteiger partial charge on any atom is -0.308 e. The van der Waals surface area contributed by atoms with Gasteiger partial charge in [0.25, 0.3) is 0 Å². The summed E-state index contributed by atoms with van der Waals surface area (Å²) < 4.78 is 1.23. The summed E-state index contributed by atoms with van der Waals surface area (Å²) in [6, 6.07) is 4.36. The van der Waals surface area contributed by atoms with Crippen LogP contribution in [0.2, 0.25) is 0 Å². The first-order valence-electron chi connectivity index (χ1n) is 6.08. The van der Waals surface area contributed by atoms with Crippen molar-refractivity contribution < 1.29 is 0 Å². The third-order valence-corrected chi connectivity index (χ3v) is 4.10. The van der Waals surface area contributed by atoms with Gasteiger partial charge in [0, 0.05) is 31.1 Å². The van der Waals surface area contributed by atoms with E-state index in [1.807, 2.05) is 11.3 Å². The van der Waals surface area contributed by atoms with E-state index in [0.29, 0.717) is 0 Å². The molecule has 0 saturated heterocycles. The fourth-order valence-electron chi connectivity index (χ4n) is 1.75. The minimum absolute atomic E-state index is 0.723. The second kappa shape index (κ2) is 7.52. The number of halogens is 1. The van der Waals surface area contributed by atoms with Crippen LogP contribution in [0.15, 0.2) is 15.9 Å². The van der Waals surface area contributed by atoms with Crippen molar-refractivity contribution in [3.05, 3.63) is 20.8 Å². The second-order valence-corrected chi connectivity index (χ2v) is 7.69. The van der Waals surface area contributed by atoms with Gasteiger partial charge in [-0.15, -0.1) is 11.3 Å². The van der Waals surface area contributed by atoms with Gasteiger partial charge < -0.3 is 4.90 Å². The predicted molar refractivity (Wildman–Crippen MR) is 80.7 cm³/mol. The summed E-state index contributed by atoms with van der Waals surface area (Å²) >= 11 is 5.37. The van der Waals surface area contributed by atoms with Gasteiger partial charge in [0.1, 0.15) is 0 Å². The van der Waals surface area contributed by atoms with Gasteiger partial charge in [-0.25, -0.2) is 0 Å². The number of nitrogens with zero attached hydrogens (tertiary/aromatic N) is 2. The zero-order chi connectivity index (χ0) is 12.8. The maximum atomic E-state index is 3.53. The van der Waals surface area contributed by atoms with Gasteiger partial charge in [-0.05, 0) is 48.1 Å². The number of thiophene rings is 1. The average molecular weight is 319 g/mol. The van der Waals surface area contributed by atoms with Gasteiger partial charge in [0.15, 0.2) is 0 Å². The Morgan fingerprint density at radius 1 is 1.24 bits per heavy atom. The maximum absolute atomic E-state index is 3.53. The van der Waals surface area contributed by atoms with Crippen LogP contribution in [-0.2, 0) is 6.54 Å². The number of likely N-dealkylation sites (N-methyl/N-ethyl adjacent to an activating group) is 1. The van der Waals surface area contributed by atoms with E-state index in [0.717, 1.165) is 25.6 Å². The van der Waals surface area contributed by atoms with Crippen molar-refractivity contribution in [3.8, 4) is 0 Å². The smallest absolute Gasteiger partial charge is 0.0701 e. The molecule has 1 aromatic rings. The molecule has 0 fully saturated rings. The molecule has 1 rings (SSSR count). The molecule has 0 bridgehead atoms. The highest BCUT2D eigenvalue weighted by Crippen LogP contribution is 2.23. The Morgan fingerprint density at radius 2 is 1.94 bits per heavy atom. The van der Waals surface area contributed by atoms with Crippen LogP contribution in [0.1, 0.15) is 18.7 Å². The van der Waals surface area contributed by atoms with E-state index in [1.165, 1.54) is 15.2 Å². The van der Waals surface area contributed by atoms with Gasteiger partial charge >= 0.3 is 0 Å². The molecular weight excluding hydrogens is 296 g/mol. The number of hydrogen-bond acceptors (Lipinski definition) is 3. The molecule has 0 amide bonds. The zero-order valence-electron chi connectivity index (χ0n) is 11.2. The molecule has 2 nitrogen and oxygen atoms in total. The van der Waals surface area contributed by atoms with Gasteiger partial charge in [-0.3, -0.25) is 4.90 Å². The Morgan fingerprint density at radius 3 is 2.41 bits per heavy atom. The Hall–Kier alpha value is 0.1000. The molecular formula is C13H23BrN2S. The van der Waals surface area contributed by atoms with Crippen molar-refractivity contribution in [1.29, 1.82) is 0 Å². The van der Waals surface area contributed by atoms with Gasteiger partial charge in [0.2, 0.25) is 0 Å². The SMILES string of the molecule is CC(C)CN(CCN(C)C)Cc1ccc(Br)s1. The molecule has 0 aliphatic rings. The minimum atomic E-state index is 0.723. The molecule has 0 radical (unpaired) electrons. The molecule has 0 aliphatic heterocycles. The molecule has 17 heavy (non-hydrogen) atoms. The first-order chi connectivity index (χ1) is 7.97. The monoisotopic (exact) mass is 318 g/mol. The summed E-state index contributed by atoms with van der Waals surface area (Å²) in [6.45, 7) is 9.08. The molecule has 0 aliphatic carbocycles. The number of rotatable bonds is 7. The van der Waals surface area contributed by atoms with Crippen LogP contribution in [0.3, 0.4) is 0 Å². The summed E-state index contributed by atoms with van der Waals surface area (Å²) in [5.41, 5.74) is 0. The van der Waals surface area contributed by atoms with Crippen molar-refractivity contribution in [1.82, 2.24) is 9.80 Å². The highest BCUT2D eigenvalue weighted by molar-refractivity contribution is 9.11. The van der Waals surface area contributed by atoms with Crippen molar-refractivity contribution in [3.63, 3.8) is 0 Å². The largest absolute Gasteiger partial charge is 0.308 e. The zero-order valence-corrected chi connectivity index (χ0v) is 13.6. The summed E-state index contributed by atoms with van der Waals surface area (Å²) in [7, 11) is 4.27. The fourth-order valence-corrected chi connectivity index (χ4v) is 3.28. The second-order valence-electron chi connectivity index (χ2n) is 5.14. The lowest BCUT2D eigenvalue weighted by atomic mass is 10.2. The van der Waals surface area contributed by atoms with Crippen LogP contribution in [0.25, 0.3) is 0 Å². The van der Waals surface area contributed by atoms with Crippen LogP contribution in [0.5, 0.6) is 0 Å². The Bertz CT molecular complexity index is 323. The molecule has 0 unspecified atom stereocenters. The molecule has 0 atom stereocenters. The topological polar surface area (TPSA) is 6.48 Å². The van der Waals surface area contributed by atoms with Crippen LogP contribution in [0.4, 0.5) is 0 Å². The lowest BCUT2D eigenvalue weighted by Gasteiger charge is -2.25. The first kappa shape index (κ1) is 15.2. The Labute approximate surface area is 118 Å². The lowest BCUT2D eigenvalue weighted by molar-refractivity contribution is 0.213. The van der Waals surface area contributed by atoms with Crippen molar-refractivity contribution >= 4 is 27.3 Å². The van der Waals surface area contributed by atoms with Crippen LogP contribution >= 0.6 is 27.3 Å². The van der Waals surface area contributed by atoms with Crippen LogP contribution in [-0.4, -0.2) is 43.5 Å². The lowest BCUT2D eigenvalue weighted by Crippen LogP contribution is -2.33. The number of hydrogen-bond donors (Lipinski definition) is 0. The average Bonchev–Trinajstić information content (AvgIpc) is 2.59. The molecule has 0 aromatic carbocycles. The van der Waals surface area contributed by atoms with Crippen LogP contribution < -0.4 is 0 Å². The van der Waals surface area contributed by atoms with Crippen molar-refractivity contribution in [2.24, 2.45) is 5.92 Å². The van der Waals surface area contributed by atoms with E-state index < -0.39 is 0 Å². The molecule has 1 heterocycles. The molecule has 0 N–H and O–H groups in total. The summed E-state index contributed by atoms with van der Waals surface area (Å²) in [4.78, 5) is 6.23. The van der Waals surface area contributed by atoms with E-state index in [4.69, 9.17) is 0 Å². The van der Waals surface area contributed by atoms with E-state index in [9.17, 15) is 0 Å². The summed E-state index contributed by atoms with van der Waals surface area (Å²) in [5, 5.41) is 0. The van der Waals surface area contributed by atoms with E-state index in [2.05, 4.69) is 65.8 Å². The normalized spacial score (nSPS) is 12.0. The Balaban J connectivity index is 2.50. The highest BCUT2D eigenvalue weighted by atomic mass is 79.9. The standard InChI is InChI=1S/C13H23BrN2S/c1-11(2)9-16(8-7-15(3)4)10-12-5-6-13(14)17-12/h5-6,11H,7-10H2,1-4H3. The van der Waals surface area contributed by atoms with E-state index >= 15 is 0 Å².